The minimum Gasteiger partial charge on any atom is -0.478 e. The van der Waals surface area contributed by atoms with Crippen molar-refractivity contribution in [2.75, 3.05) is 62.2 Å². The van der Waals surface area contributed by atoms with Crippen LogP contribution in [0.4, 0.5) is 11.4 Å². The van der Waals surface area contributed by atoms with Gasteiger partial charge in [-0.05, 0) is 73.4 Å². The van der Waals surface area contributed by atoms with Gasteiger partial charge >= 0.3 is 0 Å². The Morgan fingerprint density at radius 1 is 1.09 bits per heavy atom. The van der Waals surface area contributed by atoms with E-state index in [1.165, 1.54) is 11.3 Å². The second kappa shape index (κ2) is 14.4. The van der Waals surface area contributed by atoms with Crippen LogP contribution in [0, 0.1) is 0 Å². The van der Waals surface area contributed by atoms with Crippen molar-refractivity contribution in [3.05, 3.63) is 70.9 Å². The summed E-state index contributed by atoms with van der Waals surface area (Å²) in [4.78, 5) is 25.1. The number of carbonyl (C=O) groups is 1. The van der Waals surface area contributed by atoms with E-state index < -0.39 is 0 Å². The predicted molar refractivity (Wildman–Crippen MR) is 175 cm³/mol. The molecule has 2 fully saturated rings. The van der Waals surface area contributed by atoms with Crippen LogP contribution in [0.5, 0.6) is 5.88 Å². The van der Waals surface area contributed by atoms with Gasteiger partial charge in [0.1, 0.15) is 0 Å². The van der Waals surface area contributed by atoms with Crippen LogP contribution in [0.3, 0.4) is 0 Å². The highest BCUT2D eigenvalue weighted by Crippen LogP contribution is 2.35. The summed E-state index contributed by atoms with van der Waals surface area (Å²) in [6, 6.07) is 16.4. The Bertz CT molecular complexity index is 1400. The van der Waals surface area contributed by atoms with Crippen molar-refractivity contribution in [1.82, 2.24) is 15.2 Å². The van der Waals surface area contributed by atoms with Gasteiger partial charge in [0.2, 0.25) is 5.88 Å². The number of nitrogens with two attached hydrogens (primary N) is 2. The van der Waals surface area contributed by atoms with Crippen LogP contribution in [0.1, 0.15) is 42.6 Å². The summed E-state index contributed by atoms with van der Waals surface area (Å²) in [6.45, 7) is 10.3. The first kappa shape index (κ1) is 31.1. The molecule has 2 atom stereocenters. The number of carbonyl (C=O) groups excluding carboxylic acids is 1. The maximum Gasteiger partial charge on any atom is 0.256 e. The van der Waals surface area contributed by atoms with E-state index >= 15 is 0 Å². The predicted octanol–water partition coefficient (Wildman–Crippen LogP) is 4.13. The van der Waals surface area contributed by atoms with Gasteiger partial charge in [-0.2, -0.15) is 0 Å². The standard InChI is InChI=1S/C33H44ClN7O2/c1-3-27-22-40(33(42)29-9-8-25(34)19-31(29)39-15-11-26(36)21-39)16-17-41(27)30-10-7-23(18-24(30)20-37-14-12-35)28-6-5-13-38-32(28)43-4-2/h5-10,13,18-19,26-27,37H,3-4,11-12,14-17,20-22,35-36H2,1-2H3/t26-,27+/m0/s1. The van der Waals surface area contributed by atoms with Gasteiger partial charge in [0.15, 0.2) is 0 Å². The minimum absolute atomic E-state index is 0.0467. The number of nitrogens with one attached hydrogen (secondary N) is 1. The van der Waals surface area contributed by atoms with Crippen molar-refractivity contribution in [3.8, 4) is 17.0 Å². The third-order valence-corrected chi connectivity index (χ3v) is 8.62. The number of hydrogen-bond donors (Lipinski definition) is 3. The number of hydrogen-bond acceptors (Lipinski definition) is 8. The lowest BCUT2D eigenvalue weighted by molar-refractivity contribution is 0.0721. The summed E-state index contributed by atoms with van der Waals surface area (Å²) in [5, 5.41) is 4.11. The smallest absolute Gasteiger partial charge is 0.256 e. The summed E-state index contributed by atoms with van der Waals surface area (Å²) in [5.74, 6) is 0.681. The fraction of sp³-hybridized carbons (Fsp3) is 0.455. The molecule has 0 saturated carbocycles. The Hall–Kier alpha value is -3.37. The highest BCUT2D eigenvalue weighted by molar-refractivity contribution is 6.31. The number of rotatable bonds is 11. The van der Waals surface area contributed by atoms with Gasteiger partial charge in [-0.3, -0.25) is 4.79 Å². The molecule has 1 aromatic heterocycles. The monoisotopic (exact) mass is 605 g/mol. The van der Waals surface area contributed by atoms with Crippen LogP contribution >= 0.6 is 11.6 Å². The third kappa shape index (κ3) is 7.07. The lowest BCUT2D eigenvalue weighted by Gasteiger charge is -2.43. The van der Waals surface area contributed by atoms with Crippen LogP contribution in [-0.4, -0.2) is 80.3 Å². The first-order chi connectivity index (χ1) is 20.9. The molecule has 10 heteroatoms. The Balaban J connectivity index is 1.40. The topological polar surface area (TPSA) is 113 Å². The quantitative estimate of drug-likeness (QED) is 0.280. The van der Waals surface area contributed by atoms with Crippen molar-refractivity contribution in [2.45, 2.75) is 45.3 Å². The zero-order valence-corrected chi connectivity index (χ0v) is 26.0. The van der Waals surface area contributed by atoms with Gasteiger partial charge in [0.25, 0.3) is 5.91 Å². The molecule has 3 aromatic rings. The molecule has 5 rings (SSSR count). The lowest BCUT2D eigenvalue weighted by atomic mass is 9.99. The number of aromatic nitrogens is 1. The van der Waals surface area contributed by atoms with E-state index in [1.807, 2.05) is 42.2 Å². The molecule has 0 spiro atoms. The zero-order valence-electron chi connectivity index (χ0n) is 25.3. The molecule has 0 unspecified atom stereocenters. The second-order valence-electron chi connectivity index (χ2n) is 11.3. The average molecular weight is 606 g/mol. The summed E-state index contributed by atoms with van der Waals surface area (Å²) < 4.78 is 5.83. The molecule has 0 radical (unpaired) electrons. The molecule has 5 N–H and O–H groups in total. The molecule has 2 saturated heterocycles. The summed E-state index contributed by atoms with van der Waals surface area (Å²) in [6.07, 6.45) is 3.57. The van der Waals surface area contributed by atoms with Crippen molar-refractivity contribution in [1.29, 1.82) is 0 Å². The van der Waals surface area contributed by atoms with Crippen LogP contribution in [-0.2, 0) is 6.54 Å². The first-order valence-electron chi connectivity index (χ1n) is 15.4. The van der Waals surface area contributed by atoms with E-state index in [9.17, 15) is 4.79 Å². The van der Waals surface area contributed by atoms with Gasteiger partial charge < -0.3 is 36.2 Å². The van der Waals surface area contributed by atoms with E-state index in [0.29, 0.717) is 49.3 Å². The van der Waals surface area contributed by atoms with E-state index in [2.05, 4.69) is 45.2 Å². The molecule has 0 bridgehead atoms. The Morgan fingerprint density at radius 2 is 1.95 bits per heavy atom. The molecule has 0 aliphatic carbocycles. The minimum atomic E-state index is 0.0467. The fourth-order valence-corrected chi connectivity index (χ4v) is 6.36. The van der Waals surface area contributed by atoms with Gasteiger partial charge in [-0.15, -0.1) is 0 Å². The number of anilines is 2. The van der Waals surface area contributed by atoms with E-state index in [0.717, 1.165) is 55.8 Å². The summed E-state index contributed by atoms with van der Waals surface area (Å²) in [7, 11) is 0. The number of benzene rings is 2. The number of piperazine rings is 1. The second-order valence-corrected chi connectivity index (χ2v) is 11.7. The average Bonchev–Trinajstić information content (AvgIpc) is 3.47. The number of amides is 1. The van der Waals surface area contributed by atoms with Crippen molar-refractivity contribution in [2.24, 2.45) is 11.5 Å². The molecular formula is C33H44ClN7O2. The first-order valence-corrected chi connectivity index (χ1v) is 15.8. The summed E-state index contributed by atoms with van der Waals surface area (Å²) >= 11 is 6.38. The van der Waals surface area contributed by atoms with Gasteiger partial charge in [0.05, 0.1) is 17.9 Å². The Labute approximate surface area is 260 Å². The largest absolute Gasteiger partial charge is 0.478 e. The van der Waals surface area contributed by atoms with E-state index in [1.54, 1.807) is 6.20 Å². The molecule has 2 aliphatic rings. The summed E-state index contributed by atoms with van der Waals surface area (Å²) in [5.41, 5.74) is 17.9. The van der Waals surface area contributed by atoms with E-state index in [4.69, 9.17) is 27.8 Å². The molecule has 1 amide bonds. The number of ether oxygens (including phenoxy) is 1. The Morgan fingerprint density at radius 3 is 2.70 bits per heavy atom. The van der Waals surface area contributed by atoms with Crippen molar-refractivity contribution < 1.29 is 9.53 Å². The Kier molecular flexibility index (Phi) is 10.4. The van der Waals surface area contributed by atoms with Crippen LogP contribution in [0.15, 0.2) is 54.7 Å². The maximum absolute atomic E-state index is 14.0. The van der Waals surface area contributed by atoms with Gasteiger partial charge in [0, 0.05) is 86.9 Å². The molecule has 2 aliphatic heterocycles. The van der Waals surface area contributed by atoms with Crippen LogP contribution < -0.4 is 31.3 Å². The highest BCUT2D eigenvalue weighted by atomic mass is 35.5. The van der Waals surface area contributed by atoms with E-state index in [-0.39, 0.29) is 18.0 Å². The number of pyridine rings is 1. The normalized spacial score (nSPS) is 18.8. The zero-order chi connectivity index (χ0) is 30.3. The molecular weight excluding hydrogens is 562 g/mol. The fourth-order valence-electron chi connectivity index (χ4n) is 6.19. The highest BCUT2D eigenvalue weighted by Gasteiger charge is 2.32. The number of nitrogens with zero attached hydrogens (tertiary/aromatic N) is 4. The van der Waals surface area contributed by atoms with Gasteiger partial charge in [-0.25, -0.2) is 4.98 Å². The SMILES string of the molecule is CCOc1ncccc1-c1ccc(N2CCN(C(=O)c3ccc(Cl)cc3N3CC[C@H](N)C3)C[C@H]2CC)c(CNCCN)c1. The van der Waals surface area contributed by atoms with Crippen molar-refractivity contribution in [3.63, 3.8) is 0 Å². The van der Waals surface area contributed by atoms with Crippen LogP contribution in [0.25, 0.3) is 11.1 Å². The maximum atomic E-state index is 14.0. The molecule has 230 valence electrons. The molecule has 43 heavy (non-hydrogen) atoms. The third-order valence-electron chi connectivity index (χ3n) is 8.39. The molecule has 9 nitrogen and oxygen atoms in total. The molecule has 2 aromatic carbocycles. The lowest BCUT2D eigenvalue weighted by Crippen LogP contribution is -2.55. The van der Waals surface area contributed by atoms with Crippen LogP contribution in [0.2, 0.25) is 5.02 Å². The molecule has 3 heterocycles. The van der Waals surface area contributed by atoms with Crippen molar-refractivity contribution >= 4 is 28.9 Å². The number of halogens is 1. The van der Waals surface area contributed by atoms with Gasteiger partial charge in [-0.1, -0.05) is 24.6 Å².